The van der Waals surface area contributed by atoms with E-state index in [1.54, 1.807) is 5.57 Å². The molecule has 0 aromatic rings. The fourth-order valence-corrected chi connectivity index (χ4v) is 6.07. The predicted octanol–water partition coefficient (Wildman–Crippen LogP) is 4.52. The van der Waals surface area contributed by atoms with Gasteiger partial charge in [0.05, 0.1) is 0 Å². The van der Waals surface area contributed by atoms with E-state index in [0.29, 0.717) is 5.78 Å². The fraction of sp³-hybridized carbons (Fsp3) is 0.833. The van der Waals surface area contributed by atoms with Crippen LogP contribution in [0.4, 0.5) is 0 Å². The van der Waals surface area contributed by atoms with Crippen molar-refractivity contribution in [2.75, 3.05) is 0 Å². The van der Waals surface area contributed by atoms with Crippen LogP contribution in [-0.2, 0) is 4.79 Å². The highest BCUT2D eigenvalue weighted by molar-refractivity contribution is 5.87. The van der Waals surface area contributed by atoms with Gasteiger partial charge in [-0.05, 0) is 75.0 Å². The summed E-state index contributed by atoms with van der Waals surface area (Å²) in [6.45, 7) is 2.29. The van der Waals surface area contributed by atoms with E-state index in [9.17, 15) is 4.79 Å². The summed E-state index contributed by atoms with van der Waals surface area (Å²) in [5.74, 6) is 3.99. The Morgan fingerprint density at radius 3 is 2.89 bits per heavy atom. The van der Waals surface area contributed by atoms with Crippen LogP contribution in [0.1, 0.15) is 64.7 Å². The molecule has 3 fully saturated rings. The summed E-state index contributed by atoms with van der Waals surface area (Å²) < 4.78 is 0. The Labute approximate surface area is 116 Å². The second-order valence-electron chi connectivity index (χ2n) is 7.71. The van der Waals surface area contributed by atoms with Crippen molar-refractivity contribution in [1.82, 2.24) is 0 Å². The lowest BCUT2D eigenvalue weighted by atomic mass is 9.52. The lowest BCUT2D eigenvalue weighted by molar-refractivity contribution is -0.131. The summed E-state index contributed by atoms with van der Waals surface area (Å²) >= 11 is 0. The standard InChI is InChI=1S/C18H26O/c1-18-11-10-14-13-5-3-2-4-12(13)6-7-15(14)16(18)8-9-17(18)19/h4,13-16H,2-3,5-11H2,1H3. The van der Waals surface area contributed by atoms with Gasteiger partial charge in [-0.2, -0.15) is 0 Å². The Hall–Kier alpha value is -0.590. The quantitative estimate of drug-likeness (QED) is 0.584. The van der Waals surface area contributed by atoms with E-state index >= 15 is 0 Å². The molecule has 1 nitrogen and oxygen atoms in total. The Morgan fingerprint density at radius 2 is 2.00 bits per heavy atom. The maximum Gasteiger partial charge on any atom is 0.139 e. The van der Waals surface area contributed by atoms with E-state index in [1.165, 1.54) is 51.4 Å². The number of Topliss-reactive ketones (excluding diaryl/α,β-unsaturated/α-hetero) is 1. The minimum absolute atomic E-state index is 0.0665. The molecular weight excluding hydrogens is 232 g/mol. The molecule has 0 bridgehead atoms. The monoisotopic (exact) mass is 258 g/mol. The molecule has 4 rings (SSSR count). The molecule has 3 saturated carbocycles. The van der Waals surface area contributed by atoms with Crippen LogP contribution in [-0.4, -0.2) is 5.78 Å². The van der Waals surface area contributed by atoms with Crippen LogP contribution < -0.4 is 0 Å². The lowest BCUT2D eigenvalue weighted by Gasteiger charge is -2.52. The first kappa shape index (κ1) is 12.2. The van der Waals surface area contributed by atoms with Gasteiger partial charge < -0.3 is 0 Å². The van der Waals surface area contributed by atoms with Crippen LogP contribution in [0.2, 0.25) is 0 Å². The van der Waals surface area contributed by atoms with Crippen LogP contribution in [0.25, 0.3) is 0 Å². The van der Waals surface area contributed by atoms with Crippen molar-refractivity contribution in [3.63, 3.8) is 0 Å². The first-order valence-corrected chi connectivity index (χ1v) is 8.42. The molecule has 1 heteroatoms. The van der Waals surface area contributed by atoms with Gasteiger partial charge in [0.15, 0.2) is 0 Å². The van der Waals surface area contributed by atoms with Gasteiger partial charge >= 0.3 is 0 Å². The third-order valence-corrected chi connectivity index (χ3v) is 7.09. The van der Waals surface area contributed by atoms with E-state index in [1.807, 2.05) is 0 Å². The summed E-state index contributed by atoms with van der Waals surface area (Å²) in [5.41, 5.74) is 1.86. The average Bonchev–Trinajstić information content (AvgIpc) is 2.75. The second kappa shape index (κ2) is 4.20. The minimum atomic E-state index is 0.0665. The molecule has 0 N–H and O–H groups in total. The second-order valence-corrected chi connectivity index (χ2v) is 7.71. The Morgan fingerprint density at radius 1 is 1.11 bits per heavy atom. The highest BCUT2D eigenvalue weighted by Gasteiger charge is 2.55. The summed E-state index contributed by atoms with van der Waals surface area (Å²) in [6.07, 6.45) is 14.0. The average molecular weight is 258 g/mol. The summed E-state index contributed by atoms with van der Waals surface area (Å²) in [4.78, 5) is 12.3. The maximum absolute atomic E-state index is 12.3. The van der Waals surface area contributed by atoms with Gasteiger partial charge in [0.25, 0.3) is 0 Å². The van der Waals surface area contributed by atoms with Gasteiger partial charge in [0, 0.05) is 11.8 Å². The van der Waals surface area contributed by atoms with Crippen LogP contribution >= 0.6 is 0 Å². The number of hydrogen-bond donors (Lipinski definition) is 0. The normalized spacial score (nSPS) is 49.1. The number of carbonyl (C=O) groups excluding carboxylic acids is 1. The van der Waals surface area contributed by atoms with E-state index < -0.39 is 0 Å². The van der Waals surface area contributed by atoms with Crippen molar-refractivity contribution in [2.24, 2.45) is 29.1 Å². The van der Waals surface area contributed by atoms with E-state index in [-0.39, 0.29) is 5.41 Å². The number of allylic oxidation sites excluding steroid dienone is 2. The van der Waals surface area contributed by atoms with E-state index in [4.69, 9.17) is 0 Å². The number of hydrogen-bond acceptors (Lipinski definition) is 1. The molecule has 0 amide bonds. The van der Waals surface area contributed by atoms with Crippen molar-refractivity contribution in [3.05, 3.63) is 11.6 Å². The van der Waals surface area contributed by atoms with Crippen LogP contribution in [0, 0.1) is 29.1 Å². The smallest absolute Gasteiger partial charge is 0.139 e. The van der Waals surface area contributed by atoms with Crippen molar-refractivity contribution in [2.45, 2.75) is 64.7 Å². The minimum Gasteiger partial charge on any atom is -0.299 e. The van der Waals surface area contributed by atoms with Crippen LogP contribution in [0.3, 0.4) is 0 Å². The first-order chi connectivity index (χ1) is 9.20. The van der Waals surface area contributed by atoms with Crippen molar-refractivity contribution >= 4 is 5.78 Å². The molecule has 0 saturated heterocycles. The molecule has 0 aliphatic heterocycles. The molecule has 0 radical (unpaired) electrons. The molecule has 19 heavy (non-hydrogen) atoms. The van der Waals surface area contributed by atoms with Crippen molar-refractivity contribution in [1.29, 1.82) is 0 Å². The van der Waals surface area contributed by atoms with Gasteiger partial charge in [-0.25, -0.2) is 0 Å². The zero-order valence-electron chi connectivity index (χ0n) is 12.2. The number of fused-ring (bicyclic) bond motifs is 5. The van der Waals surface area contributed by atoms with Gasteiger partial charge in [0.2, 0.25) is 0 Å². The van der Waals surface area contributed by atoms with Crippen molar-refractivity contribution < 1.29 is 4.79 Å². The van der Waals surface area contributed by atoms with Gasteiger partial charge in [-0.3, -0.25) is 4.79 Å². The van der Waals surface area contributed by atoms with E-state index in [0.717, 1.165) is 30.1 Å². The lowest BCUT2D eigenvalue weighted by Crippen LogP contribution is -2.46. The molecule has 4 aliphatic carbocycles. The molecule has 0 spiro atoms. The zero-order valence-corrected chi connectivity index (χ0v) is 12.2. The number of rotatable bonds is 0. The Bertz CT molecular complexity index is 435. The molecule has 0 aromatic carbocycles. The topological polar surface area (TPSA) is 17.1 Å². The molecule has 5 atom stereocenters. The maximum atomic E-state index is 12.3. The summed E-state index contributed by atoms with van der Waals surface area (Å²) in [5, 5.41) is 0. The highest BCUT2D eigenvalue weighted by Crippen LogP contribution is 2.60. The summed E-state index contributed by atoms with van der Waals surface area (Å²) in [7, 11) is 0. The van der Waals surface area contributed by atoms with Crippen molar-refractivity contribution in [3.8, 4) is 0 Å². The summed E-state index contributed by atoms with van der Waals surface area (Å²) in [6, 6.07) is 0. The zero-order chi connectivity index (χ0) is 13.0. The molecular formula is C18H26O. The number of carbonyl (C=O) groups is 1. The molecule has 0 aromatic heterocycles. The fourth-order valence-electron chi connectivity index (χ4n) is 6.07. The molecule has 4 aliphatic rings. The number of ketones is 1. The third kappa shape index (κ3) is 1.63. The molecule has 104 valence electrons. The SMILES string of the molecule is CC12CCC3C4CCCC=C4CCC3C1CCC2=O. The van der Waals surface area contributed by atoms with Crippen LogP contribution in [0.15, 0.2) is 11.6 Å². The third-order valence-electron chi connectivity index (χ3n) is 7.09. The molecule has 0 heterocycles. The van der Waals surface area contributed by atoms with Gasteiger partial charge in [0.1, 0.15) is 5.78 Å². The van der Waals surface area contributed by atoms with Gasteiger partial charge in [-0.1, -0.05) is 18.6 Å². The Balaban J connectivity index is 1.65. The predicted molar refractivity (Wildman–Crippen MR) is 76.7 cm³/mol. The largest absolute Gasteiger partial charge is 0.299 e. The first-order valence-electron chi connectivity index (χ1n) is 8.42. The van der Waals surface area contributed by atoms with Gasteiger partial charge in [-0.15, -0.1) is 0 Å². The Kier molecular flexibility index (Phi) is 2.69. The highest BCUT2D eigenvalue weighted by atomic mass is 16.1. The van der Waals surface area contributed by atoms with Crippen LogP contribution in [0.5, 0.6) is 0 Å². The molecule has 5 unspecified atom stereocenters. The van der Waals surface area contributed by atoms with E-state index in [2.05, 4.69) is 13.0 Å².